The summed E-state index contributed by atoms with van der Waals surface area (Å²) in [5.74, 6) is -2.86. The van der Waals surface area contributed by atoms with E-state index in [1.165, 1.54) is 17.4 Å². The molecule has 0 saturated carbocycles. The maximum absolute atomic E-state index is 10.9. The lowest BCUT2D eigenvalue weighted by Crippen LogP contribution is -1.99. The highest BCUT2D eigenvalue weighted by atomic mass is 32.1. The number of nitrogens with two attached hydrogens (primary N) is 1. The van der Waals surface area contributed by atoms with Crippen molar-refractivity contribution in [3.8, 4) is 0 Å². The third-order valence-electron chi connectivity index (χ3n) is 4.66. The van der Waals surface area contributed by atoms with Crippen LogP contribution in [0.4, 0.5) is 10.8 Å². The quantitative estimate of drug-likeness (QED) is 0.133. The molecule has 0 aliphatic rings. The molecule has 11 nitrogen and oxygen atoms in total. The van der Waals surface area contributed by atoms with E-state index < -0.39 is 17.9 Å². The van der Waals surface area contributed by atoms with Crippen molar-refractivity contribution in [3.63, 3.8) is 0 Å². The topological polar surface area (TPSA) is 189 Å². The van der Waals surface area contributed by atoms with Gasteiger partial charge in [-0.3, -0.25) is 0 Å². The highest BCUT2D eigenvalue weighted by molar-refractivity contribution is 7.80. The summed E-state index contributed by atoms with van der Waals surface area (Å²) in [5, 5.41) is 33.7. The average Bonchev–Trinajstić information content (AvgIpc) is 3.52. The second-order valence-electron chi connectivity index (χ2n) is 7.01. The number of benzene rings is 3. The van der Waals surface area contributed by atoms with E-state index >= 15 is 0 Å². The molecule has 0 spiro atoms. The highest BCUT2D eigenvalue weighted by Gasteiger charge is 2.12. The van der Waals surface area contributed by atoms with E-state index in [2.05, 4.69) is 32.5 Å². The number of anilines is 2. The Bertz CT molecular complexity index is 1600. The van der Waals surface area contributed by atoms with Crippen LogP contribution in [0.15, 0.2) is 59.5 Å². The summed E-state index contributed by atoms with van der Waals surface area (Å²) in [7, 11) is 1.76. The number of hydrogen-bond donors (Lipinski definition) is 6. The molecule has 0 aliphatic carbocycles. The lowest BCUT2D eigenvalue weighted by atomic mass is 10.2. The van der Waals surface area contributed by atoms with Crippen LogP contribution in [0.25, 0.3) is 20.4 Å². The van der Waals surface area contributed by atoms with Crippen molar-refractivity contribution in [1.29, 1.82) is 0 Å². The van der Waals surface area contributed by atoms with Gasteiger partial charge in [0.15, 0.2) is 5.13 Å². The Kier molecular flexibility index (Phi) is 8.95. The molecule has 14 heteroatoms. The molecule has 6 N–H and O–H groups in total. The first-order valence-corrected chi connectivity index (χ1v) is 12.2. The number of fused-ring (bicyclic) bond motifs is 2. The second kappa shape index (κ2) is 12.1. The predicted molar refractivity (Wildman–Crippen MR) is 146 cm³/mol. The van der Waals surface area contributed by atoms with Crippen LogP contribution in [0.2, 0.25) is 0 Å². The van der Waals surface area contributed by atoms with Crippen LogP contribution in [0.5, 0.6) is 0 Å². The Labute approximate surface area is 222 Å². The molecular formula is C23H19N5O6S3. The molecule has 0 unspecified atom stereocenters. The van der Waals surface area contributed by atoms with Gasteiger partial charge in [-0.1, -0.05) is 34.0 Å². The number of nitrogens with zero attached hydrogens (tertiary/aromatic N) is 3. The van der Waals surface area contributed by atoms with Crippen molar-refractivity contribution in [3.05, 3.63) is 71.3 Å². The van der Waals surface area contributed by atoms with E-state index in [0.29, 0.717) is 31.1 Å². The van der Waals surface area contributed by atoms with Crippen LogP contribution in [0, 0.1) is 0 Å². The van der Waals surface area contributed by atoms with Gasteiger partial charge in [-0.05, 0) is 47.9 Å². The van der Waals surface area contributed by atoms with Crippen LogP contribution in [0.3, 0.4) is 0 Å². The normalized spacial score (nSPS) is 10.1. The van der Waals surface area contributed by atoms with Crippen molar-refractivity contribution in [2.45, 2.75) is 4.90 Å². The lowest BCUT2D eigenvalue weighted by Gasteiger charge is -2.01. The Morgan fingerprint density at radius 3 is 1.95 bits per heavy atom. The van der Waals surface area contributed by atoms with E-state index in [4.69, 9.17) is 21.1 Å². The minimum Gasteiger partial charge on any atom is -0.478 e. The maximum Gasteiger partial charge on any atom is 0.337 e. The predicted octanol–water partition coefficient (Wildman–Crippen LogP) is 4.68. The first-order chi connectivity index (χ1) is 17.6. The minimum absolute atomic E-state index is 0.133. The minimum atomic E-state index is -1.01. The molecule has 0 amide bonds. The first kappa shape index (κ1) is 27.3. The molecule has 0 saturated heterocycles. The van der Waals surface area contributed by atoms with Crippen LogP contribution in [-0.2, 0) is 0 Å². The van der Waals surface area contributed by atoms with Gasteiger partial charge < -0.3 is 26.4 Å². The SMILES string of the molecule is CNc1nc2cccc(C(=O)O)c2s1.Nc1cccc(C(=O)O)c1S.O=C(O)c1cccc2nnsc12. The van der Waals surface area contributed by atoms with Gasteiger partial charge >= 0.3 is 17.9 Å². The van der Waals surface area contributed by atoms with Crippen molar-refractivity contribution in [2.24, 2.45) is 0 Å². The van der Waals surface area contributed by atoms with Gasteiger partial charge in [0, 0.05) is 17.6 Å². The molecule has 0 bridgehead atoms. The van der Waals surface area contributed by atoms with Crippen LogP contribution >= 0.6 is 35.5 Å². The molecule has 0 atom stereocenters. The van der Waals surface area contributed by atoms with Crippen molar-refractivity contribution < 1.29 is 29.7 Å². The van der Waals surface area contributed by atoms with Crippen LogP contribution in [-0.4, -0.2) is 54.8 Å². The van der Waals surface area contributed by atoms with Gasteiger partial charge in [0.05, 0.1) is 31.6 Å². The fraction of sp³-hybridized carbons (Fsp3) is 0.0435. The lowest BCUT2D eigenvalue weighted by molar-refractivity contribution is 0.0684. The van der Waals surface area contributed by atoms with Gasteiger partial charge in [0.1, 0.15) is 5.52 Å². The van der Waals surface area contributed by atoms with Gasteiger partial charge in [-0.15, -0.1) is 17.7 Å². The molecular weight excluding hydrogens is 538 g/mol. The summed E-state index contributed by atoms with van der Waals surface area (Å²) in [4.78, 5) is 36.5. The number of aromatic carboxylic acids is 3. The summed E-state index contributed by atoms with van der Waals surface area (Å²) in [6, 6.07) is 14.7. The number of carbonyl (C=O) groups is 3. The Balaban J connectivity index is 0.000000156. The molecule has 3 aromatic carbocycles. The Hall–Kier alpha value is -4.27. The number of nitrogens with one attached hydrogen (secondary N) is 1. The van der Waals surface area contributed by atoms with Crippen molar-refractivity contribution >= 4 is 84.7 Å². The largest absolute Gasteiger partial charge is 0.478 e. The van der Waals surface area contributed by atoms with Crippen LogP contribution in [0.1, 0.15) is 31.1 Å². The maximum atomic E-state index is 10.9. The number of rotatable bonds is 4. The average molecular weight is 558 g/mol. The Morgan fingerprint density at radius 1 is 0.838 bits per heavy atom. The summed E-state index contributed by atoms with van der Waals surface area (Å²) < 4.78 is 5.01. The third-order valence-corrected chi connectivity index (χ3v) is 7.06. The van der Waals surface area contributed by atoms with Gasteiger partial charge in [-0.2, -0.15) is 0 Å². The van der Waals surface area contributed by atoms with E-state index in [0.717, 1.165) is 22.2 Å². The van der Waals surface area contributed by atoms with Crippen molar-refractivity contribution in [2.75, 3.05) is 18.1 Å². The first-order valence-electron chi connectivity index (χ1n) is 10.2. The number of nitrogen functional groups attached to an aromatic ring is 1. The molecule has 0 aliphatic heterocycles. The highest BCUT2D eigenvalue weighted by Crippen LogP contribution is 2.28. The number of hydrogen-bond acceptors (Lipinski definition) is 11. The number of thiazole rings is 1. The van der Waals surface area contributed by atoms with Gasteiger partial charge in [0.25, 0.3) is 0 Å². The summed E-state index contributed by atoms with van der Waals surface area (Å²) in [6.07, 6.45) is 0. The molecule has 5 aromatic rings. The third kappa shape index (κ3) is 6.49. The molecule has 0 radical (unpaired) electrons. The van der Waals surface area contributed by atoms with E-state index in [1.54, 1.807) is 55.6 Å². The fourth-order valence-corrected chi connectivity index (χ4v) is 4.77. The molecule has 0 fully saturated rings. The number of carboxylic acid groups (broad SMARTS) is 3. The summed E-state index contributed by atoms with van der Waals surface area (Å²) in [6.45, 7) is 0. The monoisotopic (exact) mass is 557 g/mol. The van der Waals surface area contributed by atoms with E-state index in [1.807, 2.05) is 0 Å². The van der Waals surface area contributed by atoms with Gasteiger partial charge in [0.2, 0.25) is 0 Å². The molecule has 37 heavy (non-hydrogen) atoms. The van der Waals surface area contributed by atoms with Crippen LogP contribution < -0.4 is 11.1 Å². The smallest absolute Gasteiger partial charge is 0.337 e. The zero-order chi connectivity index (χ0) is 27.1. The number of carboxylic acids is 3. The van der Waals surface area contributed by atoms with Crippen molar-refractivity contribution in [1.82, 2.24) is 14.6 Å². The van der Waals surface area contributed by atoms with Gasteiger partial charge in [-0.25, -0.2) is 19.4 Å². The second-order valence-corrected chi connectivity index (χ2v) is 9.21. The Morgan fingerprint density at radius 2 is 1.38 bits per heavy atom. The summed E-state index contributed by atoms with van der Waals surface area (Å²) in [5.41, 5.74) is 7.87. The molecule has 2 heterocycles. The fourth-order valence-electron chi connectivity index (χ4n) is 2.93. The number of aromatic nitrogens is 3. The number of thiol groups is 1. The molecule has 5 rings (SSSR count). The summed E-state index contributed by atoms with van der Waals surface area (Å²) >= 11 is 6.39. The molecule has 190 valence electrons. The standard InChI is InChI=1S/C9H8N2O2S.C7H4N2O2S.C7H7NO2S/c1-10-9-11-6-4-2-3-5(8(12)13)7(6)14-9;10-7(11)4-2-1-3-5-6(4)12-9-8-5;8-5-3-1-2-4(6(5)11)7(9)10/h2-4H,1H3,(H,10,11)(H,12,13);1-3H,(H,10,11);1-3,11H,8H2,(H,9,10). The van der Waals surface area contributed by atoms with E-state index in [-0.39, 0.29) is 11.1 Å². The zero-order valence-electron chi connectivity index (χ0n) is 18.9. The molecule has 2 aromatic heterocycles. The van der Waals surface area contributed by atoms with E-state index in [9.17, 15) is 14.4 Å². The zero-order valence-corrected chi connectivity index (χ0v) is 21.5.